The first-order chi connectivity index (χ1) is 10.1. The van der Waals surface area contributed by atoms with Gasteiger partial charge in [0.2, 0.25) is 0 Å². The summed E-state index contributed by atoms with van der Waals surface area (Å²) in [6.07, 6.45) is 0.703. The van der Waals surface area contributed by atoms with Gasteiger partial charge in [0, 0.05) is 27.6 Å². The third-order valence-corrected chi connectivity index (χ3v) is 5.12. The minimum atomic E-state index is 0. The lowest BCUT2D eigenvalue weighted by atomic mass is 10.2. The molecule has 4 nitrogen and oxygen atoms in total. The minimum Gasteiger partial charge on any atom is -0.333 e. The van der Waals surface area contributed by atoms with Crippen molar-refractivity contribution < 1.29 is 4.52 Å². The number of nitrogens with one attached hydrogen (secondary N) is 1. The van der Waals surface area contributed by atoms with Gasteiger partial charge < -0.3 is 9.84 Å². The highest BCUT2D eigenvalue weighted by atomic mass is 35.5. The summed E-state index contributed by atoms with van der Waals surface area (Å²) in [7, 11) is 1.90. The number of halogens is 3. The maximum Gasteiger partial charge on any atom is 0.269 e. The molecule has 1 atom stereocenters. The van der Waals surface area contributed by atoms with Gasteiger partial charge in [-0.2, -0.15) is 4.98 Å². The van der Waals surface area contributed by atoms with Crippen molar-refractivity contribution in [2.45, 2.75) is 19.4 Å². The molecule has 0 fully saturated rings. The van der Waals surface area contributed by atoms with Crippen LogP contribution in [-0.2, 0) is 6.42 Å². The van der Waals surface area contributed by atoms with E-state index in [9.17, 15) is 0 Å². The van der Waals surface area contributed by atoms with Gasteiger partial charge in [-0.05, 0) is 26.1 Å². The molecule has 0 aliphatic carbocycles. The van der Waals surface area contributed by atoms with E-state index in [1.165, 1.54) is 11.3 Å². The van der Waals surface area contributed by atoms with Crippen LogP contribution in [0.4, 0.5) is 0 Å². The van der Waals surface area contributed by atoms with E-state index in [1.54, 1.807) is 0 Å². The fraction of sp³-hybridized carbons (Fsp3) is 0.286. The van der Waals surface area contributed by atoms with Gasteiger partial charge in [0.1, 0.15) is 4.88 Å². The molecular formula is C14H14Cl3N3OS. The largest absolute Gasteiger partial charge is 0.333 e. The molecule has 0 amide bonds. The molecule has 0 aliphatic heterocycles. The van der Waals surface area contributed by atoms with Crippen molar-refractivity contribution >= 4 is 57.0 Å². The van der Waals surface area contributed by atoms with Crippen LogP contribution in [0.2, 0.25) is 10.0 Å². The number of hydrogen-bond acceptors (Lipinski definition) is 5. The lowest BCUT2D eigenvalue weighted by Gasteiger charge is -2.04. The normalized spacial score (nSPS) is 12.4. The molecule has 8 heteroatoms. The van der Waals surface area contributed by atoms with Crippen molar-refractivity contribution in [1.29, 1.82) is 0 Å². The number of nitrogens with zero attached hydrogens (tertiary/aromatic N) is 2. The van der Waals surface area contributed by atoms with Gasteiger partial charge in [-0.1, -0.05) is 34.4 Å². The Bertz CT molecular complexity index is 787. The Kier molecular flexibility index (Phi) is 5.69. The molecule has 1 N–H and O–H groups in total. The second-order valence-electron chi connectivity index (χ2n) is 4.80. The van der Waals surface area contributed by atoms with E-state index in [1.807, 2.05) is 25.2 Å². The Balaban J connectivity index is 0.00000176. The summed E-state index contributed by atoms with van der Waals surface area (Å²) in [5, 5.41) is 9.41. The first kappa shape index (κ1) is 17.5. The SMILES string of the molecule is CNC(C)Cc1noc(-c2sc3cc(Cl)ccc3c2Cl)n1.Cl. The van der Waals surface area contributed by atoms with E-state index in [2.05, 4.69) is 22.4 Å². The second-order valence-corrected chi connectivity index (χ2v) is 6.66. The molecule has 0 saturated carbocycles. The third-order valence-electron chi connectivity index (χ3n) is 3.24. The predicted molar refractivity (Wildman–Crippen MR) is 94.6 cm³/mol. The van der Waals surface area contributed by atoms with Gasteiger partial charge in [0.05, 0.1) is 5.02 Å². The zero-order valence-electron chi connectivity index (χ0n) is 11.9. The number of hydrogen-bond donors (Lipinski definition) is 1. The molecule has 0 aliphatic rings. The molecule has 2 aromatic heterocycles. The fourth-order valence-electron chi connectivity index (χ4n) is 1.98. The summed E-state index contributed by atoms with van der Waals surface area (Å²) >= 11 is 13.9. The van der Waals surface area contributed by atoms with Gasteiger partial charge in [-0.25, -0.2) is 0 Å². The standard InChI is InChI=1S/C14H13Cl2N3OS.ClH/c1-7(17-2)5-11-18-14(20-19-11)13-12(16)9-4-3-8(15)6-10(9)21-13;/h3-4,6-7,17H,5H2,1-2H3;1H. The molecule has 1 aromatic carbocycles. The summed E-state index contributed by atoms with van der Waals surface area (Å²) in [6.45, 7) is 2.06. The molecular weight excluding hydrogens is 365 g/mol. The van der Waals surface area contributed by atoms with Crippen LogP contribution in [0, 0.1) is 0 Å². The van der Waals surface area contributed by atoms with Crippen molar-refractivity contribution in [3.63, 3.8) is 0 Å². The van der Waals surface area contributed by atoms with Crippen molar-refractivity contribution in [2.75, 3.05) is 7.05 Å². The van der Waals surface area contributed by atoms with Gasteiger partial charge in [0.25, 0.3) is 5.89 Å². The first-order valence-electron chi connectivity index (χ1n) is 6.46. The molecule has 22 heavy (non-hydrogen) atoms. The summed E-state index contributed by atoms with van der Waals surface area (Å²) in [6, 6.07) is 5.89. The van der Waals surface area contributed by atoms with E-state index in [4.69, 9.17) is 27.7 Å². The van der Waals surface area contributed by atoms with E-state index in [0.717, 1.165) is 15.0 Å². The highest BCUT2D eigenvalue weighted by Gasteiger charge is 2.18. The Labute approximate surface area is 148 Å². The van der Waals surface area contributed by atoms with Crippen LogP contribution in [0.15, 0.2) is 22.7 Å². The molecule has 0 radical (unpaired) electrons. The molecule has 2 heterocycles. The maximum absolute atomic E-state index is 6.41. The summed E-state index contributed by atoms with van der Waals surface area (Å²) in [5.41, 5.74) is 0. The lowest BCUT2D eigenvalue weighted by molar-refractivity contribution is 0.419. The number of fused-ring (bicyclic) bond motifs is 1. The predicted octanol–water partition coefficient (Wildman–Crippen LogP) is 4.83. The van der Waals surface area contributed by atoms with Gasteiger partial charge in [-0.3, -0.25) is 0 Å². The Morgan fingerprint density at radius 2 is 2.14 bits per heavy atom. The number of aromatic nitrogens is 2. The van der Waals surface area contributed by atoms with Crippen LogP contribution in [-0.4, -0.2) is 23.2 Å². The van der Waals surface area contributed by atoms with Gasteiger partial charge in [-0.15, -0.1) is 23.7 Å². The monoisotopic (exact) mass is 377 g/mol. The number of benzene rings is 1. The Hall–Kier alpha value is -0.850. The molecule has 1 unspecified atom stereocenters. The van der Waals surface area contributed by atoms with Crippen LogP contribution in [0.1, 0.15) is 12.7 Å². The van der Waals surface area contributed by atoms with E-state index >= 15 is 0 Å². The topological polar surface area (TPSA) is 51.0 Å². The average Bonchev–Trinajstić information content (AvgIpc) is 3.03. The van der Waals surface area contributed by atoms with Crippen molar-refractivity contribution in [3.05, 3.63) is 34.1 Å². The Morgan fingerprint density at radius 3 is 2.86 bits per heavy atom. The van der Waals surface area contributed by atoms with Gasteiger partial charge >= 0.3 is 0 Å². The lowest BCUT2D eigenvalue weighted by Crippen LogP contribution is -2.24. The van der Waals surface area contributed by atoms with Crippen molar-refractivity contribution in [1.82, 2.24) is 15.5 Å². The zero-order valence-corrected chi connectivity index (χ0v) is 15.0. The smallest absolute Gasteiger partial charge is 0.269 e. The molecule has 0 saturated heterocycles. The fourth-order valence-corrected chi connectivity index (χ4v) is 3.69. The molecule has 0 spiro atoms. The second kappa shape index (κ2) is 7.15. The first-order valence-corrected chi connectivity index (χ1v) is 8.03. The van der Waals surface area contributed by atoms with Crippen LogP contribution in [0.25, 0.3) is 20.9 Å². The average molecular weight is 379 g/mol. The quantitative estimate of drug-likeness (QED) is 0.706. The highest BCUT2D eigenvalue weighted by molar-refractivity contribution is 7.23. The summed E-state index contributed by atoms with van der Waals surface area (Å²) < 4.78 is 6.35. The Morgan fingerprint density at radius 1 is 1.36 bits per heavy atom. The maximum atomic E-state index is 6.41. The summed E-state index contributed by atoms with van der Waals surface area (Å²) in [4.78, 5) is 5.20. The minimum absolute atomic E-state index is 0. The van der Waals surface area contributed by atoms with Gasteiger partial charge in [0.15, 0.2) is 5.82 Å². The number of thiophene rings is 1. The summed E-state index contributed by atoms with van der Waals surface area (Å²) in [5.74, 6) is 1.12. The van der Waals surface area contributed by atoms with E-state index in [-0.39, 0.29) is 18.4 Å². The zero-order chi connectivity index (χ0) is 15.0. The molecule has 0 bridgehead atoms. The van der Waals surface area contributed by atoms with Crippen molar-refractivity contribution in [2.24, 2.45) is 0 Å². The molecule has 3 rings (SSSR count). The van der Waals surface area contributed by atoms with Crippen LogP contribution in [0.3, 0.4) is 0 Å². The third kappa shape index (κ3) is 3.39. The molecule has 118 valence electrons. The van der Waals surface area contributed by atoms with E-state index < -0.39 is 0 Å². The van der Waals surface area contributed by atoms with Crippen LogP contribution >= 0.6 is 46.9 Å². The molecule has 3 aromatic rings. The van der Waals surface area contributed by atoms with Crippen LogP contribution in [0.5, 0.6) is 0 Å². The highest BCUT2D eigenvalue weighted by Crippen LogP contribution is 2.42. The van der Waals surface area contributed by atoms with Crippen LogP contribution < -0.4 is 5.32 Å². The van der Waals surface area contributed by atoms with E-state index in [0.29, 0.717) is 28.2 Å². The number of likely N-dealkylation sites (N-methyl/N-ethyl adjacent to an activating group) is 1. The number of rotatable bonds is 4. The van der Waals surface area contributed by atoms with Crippen molar-refractivity contribution in [3.8, 4) is 10.8 Å².